The first-order valence-corrected chi connectivity index (χ1v) is 9.08. The number of aliphatic hydroxyl groups is 3. The number of nitrogens with two attached hydrogens (primary N) is 1. The van der Waals surface area contributed by atoms with E-state index in [-0.39, 0.29) is 23.1 Å². The lowest BCUT2D eigenvalue weighted by atomic mass is 10.1. The molecule has 1 saturated heterocycles. The van der Waals surface area contributed by atoms with Crippen LogP contribution in [-0.2, 0) is 11.3 Å². The third kappa shape index (κ3) is 3.44. The minimum Gasteiger partial charge on any atom is -0.394 e. The van der Waals surface area contributed by atoms with Gasteiger partial charge >= 0.3 is 0 Å². The van der Waals surface area contributed by atoms with Gasteiger partial charge in [-0.3, -0.25) is 14.3 Å². The molecule has 3 aromatic rings. The first kappa shape index (κ1) is 19.3. The van der Waals surface area contributed by atoms with Gasteiger partial charge in [-0.15, -0.1) is 0 Å². The Balaban J connectivity index is 1.77. The number of imidazole rings is 1. The molecule has 1 aromatic carbocycles. The van der Waals surface area contributed by atoms with Crippen LogP contribution in [0, 0.1) is 6.92 Å². The fraction of sp³-hybridized carbons (Fsp3) is 0.389. The number of hydrogen-bond donors (Lipinski definition) is 6. The van der Waals surface area contributed by atoms with Crippen molar-refractivity contribution in [2.75, 3.05) is 17.7 Å². The predicted octanol–water partition coefficient (Wildman–Crippen LogP) is -0.766. The SMILES string of the molecule is Cc1ccc(CNc2nc3c(=O)[nH]c(N)nc3n2[C@@H]2O[C@H](CO)[C@@H](O)[C@H]2O)cc1. The second kappa shape index (κ2) is 7.44. The highest BCUT2D eigenvalue weighted by atomic mass is 16.6. The van der Waals surface area contributed by atoms with Crippen molar-refractivity contribution in [3.63, 3.8) is 0 Å². The zero-order chi connectivity index (χ0) is 20.7. The number of hydrogen-bond acceptors (Lipinski definition) is 9. The summed E-state index contributed by atoms with van der Waals surface area (Å²) in [6, 6.07) is 7.84. The second-order valence-corrected chi connectivity index (χ2v) is 7.00. The molecular weight excluding hydrogens is 380 g/mol. The Bertz CT molecular complexity index is 1080. The molecule has 0 radical (unpaired) electrons. The Hall–Kier alpha value is -2.99. The molecule has 11 heteroatoms. The molecule has 11 nitrogen and oxygen atoms in total. The zero-order valence-electron chi connectivity index (χ0n) is 15.6. The van der Waals surface area contributed by atoms with Crippen LogP contribution in [0.5, 0.6) is 0 Å². The van der Waals surface area contributed by atoms with E-state index in [0.717, 1.165) is 11.1 Å². The summed E-state index contributed by atoms with van der Waals surface area (Å²) in [6.07, 6.45) is -4.79. The van der Waals surface area contributed by atoms with Crippen molar-refractivity contribution in [1.29, 1.82) is 0 Å². The molecule has 0 amide bonds. The summed E-state index contributed by atoms with van der Waals surface area (Å²) < 4.78 is 6.99. The van der Waals surface area contributed by atoms with Gasteiger partial charge in [-0.25, -0.2) is 4.98 Å². The lowest BCUT2D eigenvalue weighted by Crippen LogP contribution is -2.33. The van der Waals surface area contributed by atoms with Crippen molar-refractivity contribution in [1.82, 2.24) is 19.5 Å². The van der Waals surface area contributed by atoms with Gasteiger partial charge < -0.3 is 31.1 Å². The standard InChI is InChI=1S/C18H22N6O5/c1-8-2-4-9(5-3-8)6-20-18-21-11-14(22-17(19)23-15(11)28)24(18)16-13(27)12(26)10(7-25)29-16/h2-5,10,12-13,16,25-27H,6-7H2,1H3,(H,20,21)(H3,19,22,23,28)/t10-,12-,13-,16-/m1/s1. The first-order chi connectivity index (χ1) is 13.9. The molecule has 4 rings (SSSR count). The predicted molar refractivity (Wildman–Crippen MR) is 104 cm³/mol. The summed E-state index contributed by atoms with van der Waals surface area (Å²) in [5.74, 6) is 0.0829. The van der Waals surface area contributed by atoms with Crippen LogP contribution >= 0.6 is 0 Å². The lowest BCUT2D eigenvalue weighted by Gasteiger charge is -2.19. The molecule has 0 unspecified atom stereocenters. The minimum absolute atomic E-state index is 0.00310. The van der Waals surface area contributed by atoms with E-state index in [4.69, 9.17) is 10.5 Å². The Morgan fingerprint density at radius 3 is 2.62 bits per heavy atom. The van der Waals surface area contributed by atoms with Gasteiger partial charge in [0.05, 0.1) is 6.61 Å². The summed E-state index contributed by atoms with van der Waals surface area (Å²) in [6.45, 7) is 1.89. The molecule has 4 atom stereocenters. The normalized spacial score (nSPS) is 24.3. The average molecular weight is 402 g/mol. The first-order valence-electron chi connectivity index (χ1n) is 9.08. The Morgan fingerprint density at radius 2 is 1.97 bits per heavy atom. The van der Waals surface area contributed by atoms with Crippen molar-refractivity contribution >= 4 is 23.1 Å². The maximum Gasteiger partial charge on any atom is 0.280 e. The number of benzene rings is 1. The average Bonchev–Trinajstić information content (AvgIpc) is 3.19. The van der Waals surface area contributed by atoms with Crippen molar-refractivity contribution in [2.24, 2.45) is 0 Å². The van der Waals surface area contributed by atoms with E-state index >= 15 is 0 Å². The number of H-pyrrole nitrogens is 1. The van der Waals surface area contributed by atoms with E-state index in [2.05, 4.69) is 20.3 Å². The monoisotopic (exact) mass is 402 g/mol. The molecule has 3 heterocycles. The fourth-order valence-corrected chi connectivity index (χ4v) is 3.35. The molecule has 1 aliphatic rings. The number of aromatic nitrogens is 4. The number of aromatic amines is 1. The summed E-state index contributed by atoms with van der Waals surface area (Å²) in [7, 11) is 0. The molecule has 1 aliphatic heterocycles. The molecule has 154 valence electrons. The van der Waals surface area contributed by atoms with E-state index in [0.29, 0.717) is 6.54 Å². The third-order valence-corrected chi connectivity index (χ3v) is 4.91. The van der Waals surface area contributed by atoms with Crippen LogP contribution in [0.2, 0.25) is 0 Å². The quantitative estimate of drug-likeness (QED) is 0.321. The molecule has 7 N–H and O–H groups in total. The highest BCUT2D eigenvalue weighted by Gasteiger charge is 2.45. The second-order valence-electron chi connectivity index (χ2n) is 7.00. The van der Waals surface area contributed by atoms with Gasteiger partial charge in [0.2, 0.25) is 11.9 Å². The van der Waals surface area contributed by atoms with Gasteiger partial charge in [0.15, 0.2) is 17.4 Å². The number of nitrogens with one attached hydrogen (secondary N) is 2. The number of aryl methyl sites for hydroxylation is 1. The van der Waals surface area contributed by atoms with Crippen LogP contribution in [0.3, 0.4) is 0 Å². The zero-order valence-corrected chi connectivity index (χ0v) is 15.6. The number of fused-ring (bicyclic) bond motifs is 1. The lowest BCUT2D eigenvalue weighted by molar-refractivity contribution is -0.0501. The van der Waals surface area contributed by atoms with E-state index in [1.165, 1.54) is 4.57 Å². The number of nitrogen functional groups attached to an aromatic ring is 1. The van der Waals surface area contributed by atoms with E-state index in [1.54, 1.807) is 0 Å². The summed E-state index contributed by atoms with van der Waals surface area (Å²) in [5, 5.41) is 33.1. The van der Waals surface area contributed by atoms with Gasteiger partial charge in [-0.2, -0.15) is 4.98 Å². The number of ether oxygens (including phenoxy) is 1. The smallest absolute Gasteiger partial charge is 0.280 e. The summed E-state index contributed by atoms with van der Waals surface area (Å²) in [5.41, 5.74) is 7.32. The van der Waals surface area contributed by atoms with Gasteiger partial charge in [0, 0.05) is 6.54 Å². The molecule has 2 aromatic heterocycles. The van der Waals surface area contributed by atoms with Crippen molar-refractivity contribution in [2.45, 2.75) is 38.0 Å². The Kier molecular flexibility index (Phi) is 4.96. The van der Waals surface area contributed by atoms with Crippen molar-refractivity contribution < 1.29 is 20.1 Å². The van der Waals surface area contributed by atoms with Crippen molar-refractivity contribution in [3.05, 3.63) is 45.7 Å². The van der Waals surface area contributed by atoms with Gasteiger partial charge in [-0.1, -0.05) is 29.8 Å². The van der Waals surface area contributed by atoms with E-state index in [1.807, 2.05) is 31.2 Å². The summed E-state index contributed by atoms with van der Waals surface area (Å²) >= 11 is 0. The molecule has 1 fully saturated rings. The third-order valence-electron chi connectivity index (χ3n) is 4.91. The molecule has 0 bridgehead atoms. The van der Waals surface area contributed by atoms with Gasteiger partial charge in [0.25, 0.3) is 5.56 Å². The van der Waals surface area contributed by atoms with Crippen LogP contribution in [-0.4, -0.2) is 59.8 Å². The highest BCUT2D eigenvalue weighted by molar-refractivity contribution is 5.74. The highest BCUT2D eigenvalue weighted by Crippen LogP contribution is 2.34. The fourth-order valence-electron chi connectivity index (χ4n) is 3.35. The molecule has 0 aliphatic carbocycles. The van der Waals surface area contributed by atoms with Crippen molar-refractivity contribution in [3.8, 4) is 0 Å². The molecular formula is C18H22N6O5. The van der Waals surface area contributed by atoms with E-state index in [9.17, 15) is 20.1 Å². The number of anilines is 2. The number of aliphatic hydroxyl groups excluding tert-OH is 3. The van der Waals surface area contributed by atoms with Gasteiger partial charge in [-0.05, 0) is 12.5 Å². The molecule has 0 saturated carbocycles. The van der Waals surface area contributed by atoms with E-state index < -0.39 is 36.7 Å². The topological polar surface area (TPSA) is 172 Å². The van der Waals surface area contributed by atoms with Gasteiger partial charge in [0.1, 0.15) is 18.3 Å². The van der Waals surface area contributed by atoms with Crippen LogP contribution in [0.4, 0.5) is 11.9 Å². The Morgan fingerprint density at radius 1 is 1.24 bits per heavy atom. The minimum atomic E-state index is -1.37. The maximum atomic E-state index is 12.3. The maximum absolute atomic E-state index is 12.3. The summed E-state index contributed by atoms with van der Waals surface area (Å²) in [4.78, 5) is 23.1. The van der Waals surface area contributed by atoms with Crippen LogP contribution in [0.1, 0.15) is 17.4 Å². The number of rotatable bonds is 5. The van der Waals surface area contributed by atoms with Crippen LogP contribution in [0.15, 0.2) is 29.1 Å². The molecule has 0 spiro atoms. The number of nitrogens with zero attached hydrogens (tertiary/aromatic N) is 3. The van der Waals surface area contributed by atoms with Crippen LogP contribution in [0.25, 0.3) is 11.2 Å². The Labute approximate surface area is 164 Å². The van der Waals surface area contributed by atoms with Crippen LogP contribution < -0.4 is 16.6 Å². The molecule has 29 heavy (non-hydrogen) atoms. The largest absolute Gasteiger partial charge is 0.394 e.